The number of fused-ring (bicyclic) bond motifs is 1. The molecule has 2 aromatic carbocycles. The van der Waals surface area contributed by atoms with Gasteiger partial charge in [-0.3, -0.25) is 4.79 Å². The number of esters is 1. The Morgan fingerprint density at radius 2 is 1.61 bits per heavy atom. The molecule has 0 radical (unpaired) electrons. The Kier molecular flexibility index (Phi) is 5.94. The predicted molar refractivity (Wildman–Crippen MR) is 121 cm³/mol. The molecular weight excluding hydrogens is 421 g/mol. The maximum absolute atomic E-state index is 13.4. The van der Waals surface area contributed by atoms with E-state index in [0.717, 1.165) is 74.1 Å². The second-order valence-electron chi connectivity index (χ2n) is 8.64. The van der Waals surface area contributed by atoms with Crippen LogP contribution in [0.2, 0.25) is 0 Å². The molecule has 1 aliphatic carbocycles. The zero-order valence-corrected chi connectivity index (χ0v) is 18.4. The van der Waals surface area contributed by atoms with Gasteiger partial charge in [0, 0.05) is 29.9 Å². The van der Waals surface area contributed by atoms with Crippen molar-refractivity contribution in [3.8, 4) is 5.69 Å². The highest BCUT2D eigenvalue weighted by Crippen LogP contribution is 2.28. The molecule has 2 heterocycles. The number of carbonyl (C=O) groups is 2. The average Bonchev–Trinajstić information content (AvgIpc) is 3.52. The summed E-state index contributed by atoms with van der Waals surface area (Å²) in [5.74, 6) is -0.729. The van der Waals surface area contributed by atoms with Gasteiger partial charge < -0.3 is 9.64 Å². The third-order valence-electron chi connectivity index (χ3n) is 6.41. The maximum atomic E-state index is 13.4. The Hall–Kier alpha value is -3.48. The van der Waals surface area contributed by atoms with Crippen LogP contribution in [0.5, 0.6) is 0 Å². The van der Waals surface area contributed by atoms with Crippen molar-refractivity contribution in [2.24, 2.45) is 0 Å². The Bertz CT molecular complexity index is 1160. The molecule has 1 amide bonds. The zero-order chi connectivity index (χ0) is 22.8. The van der Waals surface area contributed by atoms with E-state index in [1.807, 2.05) is 17.0 Å². The van der Waals surface area contributed by atoms with Gasteiger partial charge in [-0.1, -0.05) is 12.1 Å². The van der Waals surface area contributed by atoms with E-state index in [0.29, 0.717) is 11.3 Å². The first-order valence-electron chi connectivity index (χ1n) is 11.5. The van der Waals surface area contributed by atoms with Crippen LogP contribution in [0, 0.1) is 5.82 Å². The molecule has 1 aromatic heterocycles. The number of nitrogens with zero attached hydrogens (tertiary/aromatic N) is 3. The Balaban J connectivity index is 1.30. The molecule has 3 aromatic rings. The fraction of sp³-hybridized carbons (Fsp3) is 0.346. The highest BCUT2D eigenvalue weighted by atomic mass is 19.1. The summed E-state index contributed by atoms with van der Waals surface area (Å²) < 4.78 is 20.7. The molecule has 0 saturated carbocycles. The van der Waals surface area contributed by atoms with Crippen LogP contribution in [-0.4, -0.2) is 39.6 Å². The van der Waals surface area contributed by atoms with Crippen LogP contribution in [0.4, 0.5) is 4.39 Å². The maximum Gasteiger partial charge on any atom is 0.359 e. The summed E-state index contributed by atoms with van der Waals surface area (Å²) in [6.07, 6.45) is 5.72. The minimum atomic E-state index is -0.466. The molecule has 5 rings (SSSR count). The lowest BCUT2D eigenvalue weighted by Gasteiger charge is -2.15. The summed E-state index contributed by atoms with van der Waals surface area (Å²) in [4.78, 5) is 27.3. The lowest BCUT2D eigenvalue weighted by molar-refractivity contribution is 0.0463. The van der Waals surface area contributed by atoms with Gasteiger partial charge in [-0.05, 0) is 80.5 Å². The Morgan fingerprint density at radius 1 is 0.909 bits per heavy atom. The summed E-state index contributed by atoms with van der Waals surface area (Å²) in [6, 6.07) is 13.3. The van der Waals surface area contributed by atoms with E-state index < -0.39 is 5.97 Å². The van der Waals surface area contributed by atoms with Gasteiger partial charge in [0.2, 0.25) is 0 Å². The Morgan fingerprint density at radius 3 is 2.33 bits per heavy atom. The zero-order valence-electron chi connectivity index (χ0n) is 18.4. The first kappa shape index (κ1) is 21.4. The standard InChI is InChI=1S/C26H26FN3O3/c27-20-11-13-21(14-12-20)30-23-6-2-1-5-22(23)24(28-30)26(32)33-17-18-7-9-19(10-8-18)25(31)29-15-3-4-16-29/h7-14H,1-6,15-17H2. The molecule has 1 saturated heterocycles. The first-order chi connectivity index (χ1) is 16.1. The summed E-state index contributed by atoms with van der Waals surface area (Å²) in [5.41, 5.74) is 4.43. The number of carbonyl (C=O) groups excluding carboxylic acids is 2. The number of ether oxygens (including phenoxy) is 1. The van der Waals surface area contributed by atoms with Crippen LogP contribution in [0.15, 0.2) is 48.5 Å². The summed E-state index contributed by atoms with van der Waals surface area (Å²) in [5, 5.41) is 4.55. The summed E-state index contributed by atoms with van der Waals surface area (Å²) in [7, 11) is 0. The van der Waals surface area contributed by atoms with Gasteiger partial charge >= 0.3 is 5.97 Å². The van der Waals surface area contributed by atoms with Crippen LogP contribution < -0.4 is 0 Å². The van der Waals surface area contributed by atoms with Gasteiger partial charge in [-0.25, -0.2) is 13.9 Å². The lowest BCUT2D eigenvalue weighted by Crippen LogP contribution is -2.27. The van der Waals surface area contributed by atoms with E-state index in [1.165, 1.54) is 12.1 Å². The number of aromatic nitrogens is 2. The molecule has 1 aliphatic heterocycles. The van der Waals surface area contributed by atoms with Gasteiger partial charge in [-0.2, -0.15) is 5.10 Å². The molecule has 6 nitrogen and oxygen atoms in total. The van der Waals surface area contributed by atoms with Crippen LogP contribution in [-0.2, 0) is 24.2 Å². The highest BCUT2D eigenvalue weighted by Gasteiger charge is 2.26. The van der Waals surface area contributed by atoms with Crippen LogP contribution in [0.1, 0.15) is 63.4 Å². The number of hydrogen-bond acceptors (Lipinski definition) is 4. The molecular formula is C26H26FN3O3. The lowest BCUT2D eigenvalue weighted by atomic mass is 9.95. The van der Waals surface area contributed by atoms with Gasteiger partial charge in [0.25, 0.3) is 5.91 Å². The van der Waals surface area contributed by atoms with Crippen molar-refractivity contribution in [1.82, 2.24) is 14.7 Å². The van der Waals surface area contributed by atoms with Crippen LogP contribution >= 0.6 is 0 Å². The van der Waals surface area contributed by atoms with Crippen molar-refractivity contribution in [3.63, 3.8) is 0 Å². The van der Waals surface area contributed by atoms with Gasteiger partial charge in [0.15, 0.2) is 5.69 Å². The normalized spacial score (nSPS) is 15.4. The van der Waals surface area contributed by atoms with Gasteiger partial charge in [0.1, 0.15) is 12.4 Å². The minimum Gasteiger partial charge on any atom is -0.456 e. The van der Waals surface area contributed by atoms with E-state index in [-0.39, 0.29) is 18.3 Å². The van der Waals surface area contributed by atoms with E-state index in [2.05, 4.69) is 5.10 Å². The third kappa shape index (κ3) is 4.40. The molecule has 0 unspecified atom stereocenters. The molecule has 0 atom stereocenters. The van der Waals surface area contributed by atoms with E-state index >= 15 is 0 Å². The molecule has 0 spiro atoms. The fourth-order valence-electron chi connectivity index (χ4n) is 4.62. The number of benzene rings is 2. The number of likely N-dealkylation sites (tertiary alicyclic amines) is 1. The largest absolute Gasteiger partial charge is 0.456 e. The first-order valence-corrected chi connectivity index (χ1v) is 11.5. The smallest absolute Gasteiger partial charge is 0.359 e. The minimum absolute atomic E-state index is 0.0500. The van der Waals surface area contributed by atoms with Crippen molar-refractivity contribution < 1.29 is 18.7 Å². The second-order valence-corrected chi connectivity index (χ2v) is 8.64. The number of amides is 1. The SMILES string of the molecule is O=C(OCc1ccc(C(=O)N2CCCC2)cc1)c1nn(-c2ccc(F)cc2)c2c1CCCC2. The molecule has 170 valence electrons. The van der Waals surface area contributed by atoms with Gasteiger partial charge in [0.05, 0.1) is 5.69 Å². The second kappa shape index (κ2) is 9.17. The number of rotatable bonds is 5. The van der Waals surface area contributed by atoms with E-state index in [1.54, 1.807) is 28.9 Å². The number of halogens is 1. The van der Waals surface area contributed by atoms with Crippen molar-refractivity contribution in [2.45, 2.75) is 45.1 Å². The van der Waals surface area contributed by atoms with Crippen molar-refractivity contribution in [1.29, 1.82) is 0 Å². The summed E-state index contributed by atoms with van der Waals surface area (Å²) in [6.45, 7) is 1.73. The third-order valence-corrected chi connectivity index (χ3v) is 6.41. The van der Waals surface area contributed by atoms with Gasteiger partial charge in [-0.15, -0.1) is 0 Å². The highest BCUT2D eigenvalue weighted by molar-refractivity contribution is 5.94. The van der Waals surface area contributed by atoms with E-state index in [9.17, 15) is 14.0 Å². The predicted octanol–water partition coefficient (Wildman–Crippen LogP) is 4.48. The molecule has 33 heavy (non-hydrogen) atoms. The Labute approximate surface area is 192 Å². The monoisotopic (exact) mass is 447 g/mol. The molecule has 0 bridgehead atoms. The van der Waals surface area contributed by atoms with Crippen molar-refractivity contribution in [2.75, 3.05) is 13.1 Å². The molecule has 2 aliphatic rings. The van der Waals surface area contributed by atoms with Crippen molar-refractivity contribution in [3.05, 3.63) is 82.4 Å². The van der Waals surface area contributed by atoms with Crippen molar-refractivity contribution >= 4 is 11.9 Å². The molecule has 0 N–H and O–H groups in total. The quantitative estimate of drug-likeness (QED) is 0.541. The average molecular weight is 448 g/mol. The number of hydrogen-bond donors (Lipinski definition) is 0. The molecule has 1 fully saturated rings. The fourth-order valence-corrected chi connectivity index (χ4v) is 4.62. The van der Waals surface area contributed by atoms with Crippen LogP contribution in [0.25, 0.3) is 5.69 Å². The molecule has 7 heteroatoms. The van der Waals surface area contributed by atoms with Crippen LogP contribution in [0.3, 0.4) is 0 Å². The topological polar surface area (TPSA) is 64.4 Å². The summed E-state index contributed by atoms with van der Waals surface area (Å²) >= 11 is 0. The van der Waals surface area contributed by atoms with E-state index in [4.69, 9.17) is 4.74 Å².